The average Bonchev–Trinajstić information content (AvgIpc) is 3.68. The van der Waals surface area contributed by atoms with Gasteiger partial charge in [-0.25, -0.2) is 4.85 Å². The monoisotopic (exact) mass is 852 g/mol. The van der Waals surface area contributed by atoms with Crippen LogP contribution < -0.4 is 14.8 Å². The molecule has 0 N–H and O–H groups in total. The number of anilines is 4. The topological polar surface area (TPSA) is 48.7 Å². The molecule has 6 aromatic rings. The molecule has 7 rings (SSSR count). The third-order valence-corrected chi connectivity index (χ3v) is 9.56. The first kappa shape index (κ1) is 37.5. The quantitative estimate of drug-likeness (QED) is 0.124. The Morgan fingerprint density at radius 3 is 1.45 bits per heavy atom. The van der Waals surface area contributed by atoms with Crippen LogP contribution in [0.3, 0.4) is 0 Å². The maximum atomic E-state index is 8.89. The van der Waals surface area contributed by atoms with Crippen molar-refractivity contribution >= 4 is 50.2 Å². The molecule has 51 heavy (non-hydrogen) atoms. The number of hydrogen-bond acceptors (Lipinski definition) is 3. The van der Waals surface area contributed by atoms with Crippen LogP contribution in [-0.2, 0) is 22.4 Å². The van der Waals surface area contributed by atoms with Gasteiger partial charge in [0, 0.05) is 45.1 Å². The third-order valence-electron chi connectivity index (χ3n) is 9.56. The minimum Gasteiger partial charge on any atom is -0.657 e. The number of rotatable bonds is 6. The van der Waals surface area contributed by atoms with E-state index in [0.29, 0.717) is 34.9 Å². The molecular formula is C45H45AuN5-2. The Labute approximate surface area is 319 Å². The van der Waals surface area contributed by atoms with Crippen molar-refractivity contribution in [3.8, 4) is 6.07 Å². The molecule has 0 saturated heterocycles. The first-order valence-corrected chi connectivity index (χ1v) is 17.6. The molecule has 0 bridgehead atoms. The minimum atomic E-state index is 0. The Kier molecular flexibility index (Phi) is 11.5. The van der Waals surface area contributed by atoms with E-state index in [1.54, 1.807) is 12.1 Å². The second-order valence-corrected chi connectivity index (χ2v) is 14.3. The van der Waals surface area contributed by atoms with Gasteiger partial charge in [-0.3, -0.25) is 0 Å². The predicted octanol–water partition coefficient (Wildman–Crippen LogP) is 13.0. The second-order valence-electron chi connectivity index (χ2n) is 14.3. The molecule has 0 spiro atoms. The SMILES string of the molecule is CC(C)c1cccc(C(C)C)c1N1[CH-]N(c2c(C(C)C)cccc2C(C)C)c2ccccc21.[Au].[C-]#[N+]c1ccc2[n-]c3ccc(C#N)cc3c2c1. The predicted molar refractivity (Wildman–Crippen MR) is 210 cm³/mol. The zero-order valence-corrected chi connectivity index (χ0v) is 32.8. The summed E-state index contributed by atoms with van der Waals surface area (Å²) in [6, 6.07) is 35.4. The van der Waals surface area contributed by atoms with E-state index < -0.39 is 0 Å². The minimum absolute atomic E-state index is 0. The Morgan fingerprint density at radius 1 is 0.608 bits per heavy atom. The molecule has 0 amide bonds. The molecular weight excluding hydrogens is 807 g/mol. The fourth-order valence-corrected chi connectivity index (χ4v) is 7.00. The molecule has 5 nitrogen and oxygen atoms in total. The summed E-state index contributed by atoms with van der Waals surface area (Å²) >= 11 is 0. The van der Waals surface area contributed by atoms with Crippen LogP contribution >= 0.6 is 0 Å². The molecule has 263 valence electrons. The summed E-state index contributed by atoms with van der Waals surface area (Å²) in [6.45, 7) is 27.7. The number of benzene rings is 5. The molecule has 1 radical (unpaired) electrons. The average molecular weight is 853 g/mol. The molecule has 0 fully saturated rings. The van der Waals surface area contributed by atoms with E-state index in [1.165, 1.54) is 45.0 Å². The van der Waals surface area contributed by atoms with Crippen LogP contribution in [0.4, 0.5) is 28.4 Å². The zero-order valence-electron chi connectivity index (χ0n) is 30.7. The van der Waals surface area contributed by atoms with Crippen molar-refractivity contribution in [1.82, 2.24) is 4.98 Å². The van der Waals surface area contributed by atoms with E-state index in [4.69, 9.17) is 11.8 Å². The summed E-state index contributed by atoms with van der Waals surface area (Å²) in [4.78, 5) is 12.8. The molecule has 0 saturated carbocycles. The number of aromatic nitrogens is 1. The summed E-state index contributed by atoms with van der Waals surface area (Å²) in [7, 11) is 0. The van der Waals surface area contributed by atoms with Crippen molar-refractivity contribution < 1.29 is 22.4 Å². The number of fused-ring (bicyclic) bond motifs is 4. The maximum absolute atomic E-state index is 8.89. The van der Waals surface area contributed by atoms with Crippen molar-refractivity contribution in [2.45, 2.75) is 79.1 Å². The summed E-state index contributed by atoms with van der Waals surface area (Å²) in [5, 5.41) is 10.8. The van der Waals surface area contributed by atoms with E-state index in [2.05, 4.69) is 148 Å². The van der Waals surface area contributed by atoms with E-state index in [0.717, 1.165) is 21.8 Å². The van der Waals surface area contributed by atoms with Gasteiger partial charge in [-0.2, -0.15) is 5.26 Å². The van der Waals surface area contributed by atoms with Gasteiger partial charge in [-0.15, -0.1) is 17.7 Å². The first-order valence-electron chi connectivity index (χ1n) is 17.6. The van der Waals surface area contributed by atoms with Gasteiger partial charge in [0.1, 0.15) is 0 Å². The number of nitrogens with zero attached hydrogens (tertiary/aromatic N) is 5. The van der Waals surface area contributed by atoms with E-state index in [-0.39, 0.29) is 22.4 Å². The summed E-state index contributed by atoms with van der Waals surface area (Å²) < 4.78 is 0. The van der Waals surface area contributed by atoms with Crippen LogP contribution in [0.2, 0.25) is 0 Å². The van der Waals surface area contributed by atoms with E-state index in [1.807, 2.05) is 24.3 Å². The molecule has 1 aliphatic rings. The van der Waals surface area contributed by atoms with E-state index >= 15 is 0 Å². The Bertz CT molecular complexity index is 2050. The van der Waals surface area contributed by atoms with Gasteiger partial charge in [0.05, 0.1) is 18.2 Å². The molecule has 0 unspecified atom stereocenters. The van der Waals surface area contributed by atoms with Crippen LogP contribution in [0, 0.1) is 24.6 Å². The van der Waals surface area contributed by atoms with Gasteiger partial charge >= 0.3 is 0 Å². The smallest absolute Gasteiger partial charge is 0.187 e. The summed E-state index contributed by atoms with van der Waals surface area (Å²) in [5.74, 6) is 1.79. The summed E-state index contributed by atoms with van der Waals surface area (Å²) in [6.07, 6.45) is 0. The van der Waals surface area contributed by atoms with E-state index in [9.17, 15) is 0 Å². The molecule has 6 heteroatoms. The van der Waals surface area contributed by atoms with Crippen molar-refractivity contribution in [2.75, 3.05) is 9.80 Å². The van der Waals surface area contributed by atoms with Gasteiger partial charge in [0.15, 0.2) is 5.69 Å². The normalized spacial score (nSPS) is 12.3. The molecule has 0 atom stereocenters. The largest absolute Gasteiger partial charge is 0.657 e. The van der Waals surface area contributed by atoms with Crippen molar-refractivity contribution in [3.05, 3.63) is 143 Å². The Hall–Kier alpha value is -4.78. The van der Waals surface area contributed by atoms with Crippen LogP contribution in [0.25, 0.3) is 26.7 Å². The van der Waals surface area contributed by atoms with Gasteiger partial charge in [0.2, 0.25) is 0 Å². The second kappa shape index (κ2) is 15.6. The Morgan fingerprint density at radius 2 is 1.04 bits per heavy atom. The zero-order chi connectivity index (χ0) is 35.7. The maximum Gasteiger partial charge on any atom is 0.187 e. The van der Waals surface area contributed by atoms with Crippen molar-refractivity contribution in [1.29, 1.82) is 5.26 Å². The van der Waals surface area contributed by atoms with Crippen LogP contribution in [0.15, 0.2) is 97.1 Å². The molecule has 5 aromatic carbocycles. The van der Waals surface area contributed by atoms with Gasteiger partial charge in [-0.05, 0) is 87.0 Å². The van der Waals surface area contributed by atoms with Crippen LogP contribution in [-0.4, -0.2) is 0 Å². The number of nitriles is 1. The molecule has 2 heterocycles. The first-order chi connectivity index (χ1) is 24.0. The number of para-hydroxylation sites is 4. The van der Waals surface area contributed by atoms with Crippen molar-refractivity contribution in [2.24, 2.45) is 0 Å². The molecule has 0 aliphatic carbocycles. The van der Waals surface area contributed by atoms with Crippen LogP contribution in [0.5, 0.6) is 0 Å². The Balaban J connectivity index is 0.000000235. The summed E-state index contributed by atoms with van der Waals surface area (Å²) in [5.41, 5.74) is 13.7. The standard InChI is InChI=1S/C31H39N2.C14H6N3.Au/c1-20(2)24-13-11-14-25(21(3)4)30(24)32-19-33(29-18-10-9-17-28(29)32)31-26(22(5)6)15-12-16-27(31)23(7)8;1-16-10-3-5-14-12(7-10)11-6-9(8-15)2-4-13(11)17-14;/h9-23H,1-8H3;2-7H;/q2*-1;. The van der Waals surface area contributed by atoms with Crippen molar-refractivity contribution in [3.63, 3.8) is 0 Å². The third kappa shape index (κ3) is 7.21. The van der Waals surface area contributed by atoms with Crippen LogP contribution in [0.1, 0.15) is 107 Å². The van der Waals surface area contributed by atoms with Gasteiger partial charge in [0.25, 0.3) is 0 Å². The number of hydrogen-bond donors (Lipinski definition) is 0. The van der Waals surface area contributed by atoms with Gasteiger partial charge in [-0.1, -0.05) is 122 Å². The fourth-order valence-electron chi connectivity index (χ4n) is 7.00. The molecule has 1 aromatic heterocycles. The fraction of sp³-hybridized carbons (Fsp3) is 0.267. The molecule has 1 aliphatic heterocycles. The van der Waals surface area contributed by atoms with Gasteiger partial charge < -0.3 is 14.8 Å².